The highest BCUT2D eigenvalue weighted by Gasteiger charge is 2.36. The Labute approximate surface area is 142 Å². The van der Waals surface area contributed by atoms with E-state index in [1.807, 2.05) is 24.3 Å². The van der Waals surface area contributed by atoms with Gasteiger partial charge in [0, 0.05) is 5.92 Å². The fourth-order valence-corrected chi connectivity index (χ4v) is 4.07. The third kappa shape index (κ3) is 2.98. The normalized spacial score (nSPS) is 30.7. The van der Waals surface area contributed by atoms with Crippen molar-refractivity contribution >= 4 is 23.1 Å². The molecule has 4 atom stereocenters. The van der Waals surface area contributed by atoms with Crippen LogP contribution in [0.5, 0.6) is 0 Å². The minimum absolute atomic E-state index is 0.523. The van der Waals surface area contributed by atoms with E-state index in [0.717, 1.165) is 48.3 Å². The van der Waals surface area contributed by atoms with Crippen molar-refractivity contribution in [1.82, 2.24) is 10.3 Å². The summed E-state index contributed by atoms with van der Waals surface area (Å²) in [5, 5.41) is 6.67. The average Bonchev–Trinajstić information content (AvgIpc) is 3.00. The molecule has 0 bridgehead atoms. The molecular formula is C18H27N5O+2. The van der Waals surface area contributed by atoms with Gasteiger partial charge in [-0.1, -0.05) is 26.0 Å². The third-order valence-corrected chi connectivity index (χ3v) is 5.74. The van der Waals surface area contributed by atoms with Gasteiger partial charge in [-0.05, 0) is 37.3 Å². The maximum absolute atomic E-state index is 5.72. The number of aromatic nitrogens is 1. The van der Waals surface area contributed by atoms with Crippen LogP contribution in [0.4, 0.5) is 6.01 Å². The monoisotopic (exact) mass is 329 g/mol. The minimum atomic E-state index is 0.523. The van der Waals surface area contributed by atoms with Gasteiger partial charge in [0.2, 0.25) is 0 Å². The highest BCUT2D eigenvalue weighted by atomic mass is 16.4. The summed E-state index contributed by atoms with van der Waals surface area (Å²) in [5.74, 6) is 2.49. The summed E-state index contributed by atoms with van der Waals surface area (Å²) in [6, 6.07) is 9.06. The van der Waals surface area contributed by atoms with Crippen molar-refractivity contribution in [3.8, 4) is 0 Å². The molecule has 0 spiro atoms. The molecule has 1 saturated carbocycles. The lowest BCUT2D eigenvalue weighted by Crippen LogP contribution is -3.27. The summed E-state index contributed by atoms with van der Waals surface area (Å²) in [4.78, 5) is 9.50. The van der Waals surface area contributed by atoms with E-state index >= 15 is 0 Å². The number of para-hydroxylation sites is 2. The second-order valence-electron chi connectivity index (χ2n) is 7.23. The highest BCUT2D eigenvalue weighted by molar-refractivity contribution is 5.88. The molecule has 2 aliphatic rings. The molecule has 2 heterocycles. The first-order valence-electron chi connectivity index (χ1n) is 9.02. The molecule has 1 aromatic heterocycles. The summed E-state index contributed by atoms with van der Waals surface area (Å²) in [5.41, 5.74) is 1.67. The molecule has 0 amide bonds. The number of hydrogen-bond donors (Lipinski definition) is 4. The van der Waals surface area contributed by atoms with Gasteiger partial charge >= 0.3 is 12.0 Å². The zero-order valence-electron chi connectivity index (χ0n) is 14.4. The Hall–Kier alpha value is -2.08. The van der Waals surface area contributed by atoms with E-state index in [2.05, 4.69) is 34.5 Å². The van der Waals surface area contributed by atoms with Crippen molar-refractivity contribution in [3.63, 3.8) is 0 Å². The molecule has 24 heavy (non-hydrogen) atoms. The molecule has 1 fully saturated rings. The Morgan fingerprint density at radius 2 is 2.17 bits per heavy atom. The molecule has 4 N–H and O–H groups in total. The lowest BCUT2D eigenvalue weighted by atomic mass is 9.77. The van der Waals surface area contributed by atoms with Crippen molar-refractivity contribution in [1.29, 1.82) is 0 Å². The Balaban J connectivity index is 1.41. The highest BCUT2D eigenvalue weighted by Crippen LogP contribution is 2.27. The first-order valence-corrected chi connectivity index (χ1v) is 9.02. The Kier molecular flexibility index (Phi) is 4.14. The Bertz CT molecular complexity index is 707. The van der Waals surface area contributed by atoms with Crippen LogP contribution in [0.15, 0.2) is 28.7 Å². The molecule has 0 saturated heterocycles. The molecule has 1 aliphatic heterocycles. The van der Waals surface area contributed by atoms with Gasteiger partial charge in [-0.15, -0.1) is 0 Å². The standard InChI is InChI=1S/C18H25N5O/c1-12-6-5-8-15(13(12)2)23-10-19-17(20-11-23)22-18-21-14-7-3-4-9-16(14)24-18/h3-4,7,9,12-13,15H,5-6,8,10-11H2,1-2H3,(H2,19,20,21,22)/p+2/t12-,13+,15+/m0/s1. The maximum Gasteiger partial charge on any atom is 0.365 e. The lowest BCUT2D eigenvalue weighted by molar-refractivity contribution is -1.00. The SMILES string of the molecule is C[C@H]1[C@H]([NH+]2CNC(Nc3nc4ccccc4o3)=[NH+]C2)CCC[C@@H]1C. The maximum atomic E-state index is 5.72. The number of hydrogen-bond acceptors (Lipinski definition) is 4. The fourth-order valence-electron chi connectivity index (χ4n) is 4.07. The topological polar surface area (TPSA) is 68.5 Å². The Morgan fingerprint density at radius 3 is 2.96 bits per heavy atom. The molecule has 6 heteroatoms. The minimum Gasteiger partial charge on any atom is -0.412 e. The molecule has 1 aromatic carbocycles. The zero-order valence-corrected chi connectivity index (χ0v) is 14.4. The summed E-state index contributed by atoms with van der Waals surface area (Å²) in [7, 11) is 0. The van der Waals surface area contributed by atoms with Crippen LogP contribution >= 0.6 is 0 Å². The van der Waals surface area contributed by atoms with E-state index in [-0.39, 0.29) is 0 Å². The lowest BCUT2D eigenvalue weighted by Gasteiger charge is -2.38. The number of fused-ring (bicyclic) bond motifs is 1. The number of rotatable bonds is 2. The zero-order chi connectivity index (χ0) is 16.5. The molecule has 4 rings (SSSR count). The van der Waals surface area contributed by atoms with Crippen molar-refractivity contribution in [3.05, 3.63) is 24.3 Å². The van der Waals surface area contributed by atoms with Crippen molar-refractivity contribution in [2.24, 2.45) is 11.8 Å². The molecular weight excluding hydrogens is 302 g/mol. The molecule has 2 aromatic rings. The van der Waals surface area contributed by atoms with Crippen molar-refractivity contribution in [2.45, 2.75) is 39.2 Å². The molecule has 1 unspecified atom stereocenters. The van der Waals surface area contributed by atoms with Gasteiger partial charge in [-0.3, -0.25) is 4.90 Å². The van der Waals surface area contributed by atoms with E-state index < -0.39 is 0 Å². The van der Waals surface area contributed by atoms with Gasteiger partial charge < -0.3 is 4.42 Å². The fraction of sp³-hybridized carbons (Fsp3) is 0.556. The van der Waals surface area contributed by atoms with E-state index in [9.17, 15) is 0 Å². The van der Waals surface area contributed by atoms with Crippen LogP contribution in [-0.4, -0.2) is 30.3 Å². The van der Waals surface area contributed by atoms with E-state index in [0.29, 0.717) is 6.01 Å². The van der Waals surface area contributed by atoms with Crippen molar-refractivity contribution in [2.75, 3.05) is 18.7 Å². The van der Waals surface area contributed by atoms with Gasteiger partial charge in [0.05, 0.1) is 6.04 Å². The first kappa shape index (κ1) is 15.4. The summed E-state index contributed by atoms with van der Waals surface area (Å²) in [6.45, 7) is 6.67. The van der Waals surface area contributed by atoms with Crippen LogP contribution in [0.25, 0.3) is 11.1 Å². The largest absolute Gasteiger partial charge is 0.412 e. The van der Waals surface area contributed by atoms with Gasteiger partial charge in [-0.2, -0.15) is 10.3 Å². The predicted molar refractivity (Wildman–Crippen MR) is 93.4 cm³/mol. The average molecular weight is 329 g/mol. The van der Waals surface area contributed by atoms with Crippen LogP contribution in [0.2, 0.25) is 0 Å². The van der Waals surface area contributed by atoms with Crippen LogP contribution in [0, 0.1) is 11.8 Å². The smallest absolute Gasteiger partial charge is 0.365 e. The summed E-state index contributed by atoms with van der Waals surface area (Å²) in [6.07, 6.45) is 4.07. The molecule has 0 radical (unpaired) electrons. The van der Waals surface area contributed by atoms with Crippen LogP contribution in [-0.2, 0) is 0 Å². The summed E-state index contributed by atoms with van der Waals surface area (Å²) < 4.78 is 5.72. The number of quaternary nitrogens is 1. The first-order chi connectivity index (χ1) is 11.7. The predicted octanol–water partition coefficient (Wildman–Crippen LogP) is -0.0959. The second-order valence-corrected chi connectivity index (χ2v) is 7.23. The number of oxazole rings is 1. The van der Waals surface area contributed by atoms with Crippen LogP contribution in [0.1, 0.15) is 33.1 Å². The number of anilines is 1. The van der Waals surface area contributed by atoms with Gasteiger partial charge in [0.15, 0.2) is 18.9 Å². The van der Waals surface area contributed by atoms with Gasteiger partial charge in [-0.25, -0.2) is 10.3 Å². The number of guanidine groups is 1. The van der Waals surface area contributed by atoms with Gasteiger partial charge in [0.25, 0.3) is 0 Å². The van der Waals surface area contributed by atoms with E-state index in [1.54, 1.807) is 4.90 Å². The summed E-state index contributed by atoms with van der Waals surface area (Å²) >= 11 is 0. The number of nitrogens with one attached hydrogen (secondary N) is 4. The molecule has 128 valence electrons. The molecule has 1 aliphatic carbocycles. The van der Waals surface area contributed by atoms with Gasteiger partial charge in [0.1, 0.15) is 5.52 Å². The van der Waals surface area contributed by atoms with E-state index in [1.165, 1.54) is 19.3 Å². The molecule has 6 nitrogen and oxygen atoms in total. The number of nitrogens with zero attached hydrogens (tertiary/aromatic N) is 1. The van der Waals surface area contributed by atoms with Crippen molar-refractivity contribution < 1.29 is 14.3 Å². The quantitative estimate of drug-likeness (QED) is 0.621. The van der Waals surface area contributed by atoms with E-state index in [4.69, 9.17) is 4.42 Å². The third-order valence-electron chi connectivity index (χ3n) is 5.74. The number of benzene rings is 1. The van der Waals surface area contributed by atoms with Crippen LogP contribution in [0.3, 0.4) is 0 Å². The second kappa shape index (κ2) is 6.43. The Morgan fingerprint density at radius 1 is 1.29 bits per heavy atom. The van der Waals surface area contributed by atoms with Crippen LogP contribution < -0.4 is 20.5 Å².